The first kappa shape index (κ1) is 14.3. The standard InChI is InChI=1S/C15H18N2O3S/c1-10-12(17-15(20-10)13-5-3-7-21-13)8-14(18)16-9-11-4-2-6-19-11/h3,5,7,11H,2,4,6,8-9H2,1H3,(H,16,18). The van der Waals surface area contributed by atoms with Gasteiger partial charge in [0, 0.05) is 13.2 Å². The zero-order valence-electron chi connectivity index (χ0n) is 11.9. The summed E-state index contributed by atoms with van der Waals surface area (Å²) in [6.45, 7) is 3.22. The lowest BCUT2D eigenvalue weighted by Gasteiger charge is -2.10. The number of thiophene rings is 1. The number of rotatable bonds is 5. The quantitative estimate of drug-likeness (QED) is 0.922. The van der Waals surface area contributed by atoms with Crippen molar-refractivity contribution in [1.29, 1.82) is 0 Å². The molecule has 1 fully saturated rings. The molecule has 5 nitrogen and oxygen atoms in total. The molecular formula is C15H18N2O3S. The highest BCUT2D eigenvalue weighted by molar-refractivity contribution is 7.13. The van der Waals surface area contributed by atoms with E-state index >= 15 is 0 Å². The molecule has 6 heteroatoms. The summed E-state index contributed by atoms with van der Waals surface area (Å²) in [6, 6.07) is 3.91. The van der Waals surface area contributed by atoms with Crippen LogP contribution >= 0.6 is 11.3 Å². The van der Waals surface area contributed by atoms with Crippen molar-refractivity contribution >= 4 is 17.2 Å². The molecule has 3 rings (SSSR count). The van der Waals surface area contributed by atoms with E-state index in [2.05, 4.69) is 10.3 Å². The van der Waals surface area contributed by atoms with Crippen molar-refractivity contribution in [1.82, 2.24) is 10.3 Å². The molecule has 1 unspecified atom stereocenters. The predicted octanol–water partition coefficient (Wildman–Crippen LogP) is 2.55. The first-order chi connectivity index (χ1) is 10.2. The summed E-state index contributed by atoms with van der Waals surface area (Å²) < 4.78 is 11.1. The van der Waals surface area contributed by atoms with Gasteiger partial charge < -0.3 is 14.5 Å². The van der Waals surface area contributed by atoms with Crippen LogP contribution in [-0.4, -0.2) is 30.1 Å². The van der Waals surface area contributed by atoms with Gasteiger partial charge in [-0.25, -0.2) is 4.98 Å². The maximum absolute atomic E-state index is 12.0. The molecule has 3 heterocycles. The molecule has 0 spiro atoms. The van der Waals surface area contributed by atoms with Gasteiger partial charge in [-0.15, -0.1) is 11.3 Å². The highest BCUT2D eigenvalue weighted by Gasteiger charge is 2.18. The summed E-state index contributed by atoms with van der Waals surface area (Å²) in [5, 5.41) is 4.88. The van der Waals surface area contributed by atoms with Crippen molar-refractivity contribution < 1.29 is 13.9 Å². The van der Waals surface area contributed by atoms with Crippen LogP contribution in [0.2, 0.25) is 0 Å². The smallest absolute Gasteiger partial charge is 0.236 e. The van der Waals surface area contributed by atoms with Gasteiger partial charge in [0.05, 0.1) is 23.1 Å². The molecule has 112 valence electrons. The second-order valence-corrected chi connectivity index (χ2v) is 6.06. The van der Waals surface area contributed by atoms with Crippen LogP contribution < -0.4 is 5.32 Å². The Balaban J connectivity index is 1.58. The average molecular weight is 306 g/mol. The van der Waals surface area contributed by atoms with Gasteiger partial charge in [0.15, 0.2) is 0 Å². The Morgan fingerprint density at radius 2 is 2.48 bits per heavy atom. The Bertz CT molecular complexity index is 600. The summed E-state index contributed by atoms with van der Waals surface area (Å²) in [4.78, 5) is 17.4. The van der Waals surface area contributed by atoms with E-state index in [1.54, 1.807) is 11.3 Å². The van der Waals surface area contributed by atoms with Crippen molar-refractivity contribution in [2.45, 2.75) is 32.3 Å². The maximum atomic E-state index is 12.0. The van der Waals surface area contributed by atoms with Crippen LogP contribution in [0.1, 0.15) is 24.3 Å². The van der Waals surface area contributed by atoms with Gasteiger partial charge in [-0.2, -0.15) is 0 Å². The van der Waals surface area contributed by atoms with Crippen molar-refractivity contribution in [3.8, 4) is 10.8 Å². The number of oxazole rings is 1. The van der Waals surface area contributed by atoms with Crippen molar-refractivity contribution in [2.75, 3.05) is 13.2 Å². The maximum Gasteiger partial charge on any atom is 0.236 e. The fourth-order valence-electron chi connectivity index (χ4n) is 2.35. The lowest BCUT2D eigenvalue weighted by atomic mass is 10.2. The zero-order valence-corrected chi connectivity index (χ0v) is 12.7. The lowest BCUT2D eigenvalue weighted by Crippen LogP contribution is -2.32. The molecule has 1 amide bonds. The predicted molar refractivity (Wildman–Crippen MR) is 80.2 cm³/mol. The van der Waals surface area contributed by atoms with Crippen LogP contribution in [0.4, 0.5) is 0 Å². The van der Waals surface area contributed by atoms with E-state index in [1.807, 2.05) is 24.4 Å². The van der Waals surface area contributed by atoms with Gasteiger partial charge in [-0.05, 0) is 31.2 Å². The second-order valence-electron chi connectivity index (χ2n) is 5.12. The van der Waals surface area contributed by atoms with E-state index in [0.717, 1.165) is 24.3 Å². The number of nitrogens with zero attached hydrogens (tertiary/aromatic N) is 1. The first-order valence-corrected chi connectivity index (χ1v) is 7.99. The summed E-state index contributed by atoms with van der Waals surface area (Å²) >= 11 is 1.57. The minimum absolute atomic E-state index is 0.0420. The van der Waals surface area contributed by atoms with Gasteiger partial charge in [0.1, 0.15) is 5.76 Å². The van der Waals surface area contributed by atoms with E-state index in [1.165, 1.54) is 0 Å². The minimum Gasteiger partial charge on any atom is -0.440 e. The normalized spacial score (nSPS) is 18.0. The summed E-state index contributed by atoms with van der Waals surface area (Å²) in [5.41, 5.74) is 0.697. The van der Waals surface area contributed by atoms with Crippen LogP contribution in [0.5, 0.6) is 0 Å². The van der Waals surface area contributed by atoms with Crippen LogP contribution in [0.3, 0.4) is 0 Å². The number of hydrogen-bond acceptors (Lipinski definition) is 5. The Morgan fingerprint density at radius 1 is 1.57 bits per heavy atom. The molecule has 1 aliphatic heterocycles. The Labute approximate surface area is 127 Å². The molecule has 1 N–H and O–H groups in total. The molecule has 2 aromatic rings. The molecule has 1 saturated heterocycles. The van der Waals surface area contributed by atoms with E-state index in [-0.39, 0.29) is 18.4 Å². The number of aryl methyl sites for hydroxylation is 1. The van der Waals surface area contributed by atoms with Crippen LogP contribution in [-0.2, 0) is 16.0 Å². The molecule has 0 radical (unpaired) electrons. The summed E-state index contributed by atoms with van der Waals surface area (Å²) in [6.07, 6.45) is 2.50. The molecular weight excluding hydrogens is 288 g/mol. The largest absolute Gasteiger partial charge is 0.440 e. The minimum atomic E-state index is -0.0420. The monoisotopic (exact) mass is 306 g/mol. The van der Waals surface area contributed by atoms with Gasteiger partial charge in [0.25, 0.3) is 0 Å². The third kappa shape index (κ3) is 3.51. The molecule has 0 bridgehead atoms. The summed E-state index contributed by atoms with van der Waals surface area (Å²) in [7, 11) is 0. The third-order valence-corrected chi connectivity index (χ3v) is 4.36. The van der Waals surface area contributed by atoms with E-state index in [0.29, 0.717) is 23.9 Å². The molecule has 1 aliphatic rings. The first-order valence-electron chi connectivity index (χ1n) is 7.11. The number of amides is 1. The number of hydrogen-bond donors (Lipinski definition) is 1. The van der Waals surface area contributed by atoms with E-state index in [9.17, 15) is 4.79 Å². The lowest BCUT2D eigenvalue weighted by molar-refractivity contribution is -0.121. The number of ether oxygens (including phenoxy) is 1. The molecule has 0 saturated carbocycles. The number of nitrogens with one attached hydrogen (secondary N) is 1. The van der Waals surface area contributed by atoms with Gasteiger partial charge in [-0.3, -0.25) is 4.79 Å². The van der Waals surface area contributed by atoms with Crippen molar-refractivity contribution in [2.24, 2.45) is 0 Å². The van der Waals surface area contributed by atoms with Crippen molar-refractivity contribution in [3.05, 3.63) is 29.0 Å². The molecule has 0 aliphatic carbocycles. The van der Waals surface area contributed by atoms with Gasteiger partial charge >= 0.3 is 0 Å². The van der Waals surface area contributed by atoms with E-state index in [4.69, 9.17) is 9.15 Å². The SMILES string of the molecule is Cc1oc(-c2cccs2)nc1CC(=O)NCC1CCCO1. The summed E-state index contributed by atoms with van der Waals surface area (Å²) in [5.74, 6) is 1.25. The van der Waals surface area contributed by atoms with Crippen LogP contribution in [0, 0.1) is 6.92 Å². The molecule has 1 atom stereocenters. The Morgan fingerprint density at radius 3 is 3.19 bits per heavy atom. The van der Waals surface area contributed by atoms with E-state index < -0.39 is 0 Å². The second kappa shape index (κ2) is 6.41. The van der Waals surface area contributed by atoms with Gasteiger partial charge in [0.2, 0.25) is 11.8 Å². The molecule has 21 heavy (non-hydrogen) atoms. The highest BCUT2D eigenvalue weighted by Crippen LogP contribution is 2.26. The van der Waals surface area contributed by atoms with Crippen LogP contribution in [0.25, 0.3) is 10.8 Å². The number of aromatic nitrogens is 1. The Kier molecular flexibility index (Phi) is 4.36. The Hall–Kier alpha value is -1.66. The van der Waals surface area contributed by atoms with Crippen LogP contribution in [0.15, 0.2) is 21.9 Å². The van der Waals surface area contributed by atoms with Crippen molar-refractivity contribution in [3.63, 3.8) is 0 Å². The topological polar surface area (TPSA) is 64.4 Å². The van der Waals surface area contributed by atoms with Gasteiger partial charge in [-0.1, -0.05) is 6.07 Å². The fourth-order valence-corrected chi connectivity index (χ4v) is 2.99. The highest BCUT2D eigenvalue weighted by atomic mass is 32.1. The number of carbonyl (C=O) groups excluding carboxylic acids is 1. The fraction of sp³-hybridized carbons (Fsp3) is 0.467. The zero-order chi connectivity index (χ0) is 14.7. The third-order valence-electron chi connectivity index (χ3n) is 3.50. The molecule has 2 aromatic heterocycles. The molecule has 0 aromatic carbocycles. The average Bonchev–Trinajstić information content (AvgIpc) is 3.18. The number of carbonyl (C=O) groups is 1.